The van der Waals surface area contributed by atoms with Crippen LogP contribution in [0, 0.1) is 17.5 Å². The molecule has 0 bridgehead atoms. The van der Waals surface area contributed by atoms with Crippen molar-refractivity contribution in [1.82, 2.24) is 24.8 Å². The molecule has 2 aromatic rings. The second kappa shape index (κ2) is 11.8. The van der Waals surface area contributed by atoms with Crippen molar-refractivity contribution < 1.29 is 52.3 Å². The number of aliphatic hydroxyl groups is 2. The molecular formula is C25H30F3N5O8. The first-order valence-corrected chi connectivity index (χ1v) is 13.1. The largest absolute Gasteiger partial charge is 0.465 e. The molecule has 1 aromatic heterocycles. The van der Waals surface area contributed by atoms with Gasteiger partial charge in [-0.25, -0.2) is 27.4 Å². The Labute approximate surface area is 232 Å². The van der Waals surface area contributed by atoms with Crippen molar-refractivity contribution in [3.05, 3.63) is 35.8 Å². The number of hydrogen-bond donors (Lipinski definition) is 3. The maximum absolute atomic E-state index is 13.8. The van der Waals surface area contributed by atoms with Crippen LogP contribution in [-0.4, -0.2) is 122 Å². The van der Waals surface area contributed by atoms with E-state index in [0.29, 0.717) is 25.9 Å². The number of likely N-dealkylation sites (tertiary alicyclic amines) is 1. The molecule has 0 aliphatic carbocycles. The highest BCUT2D eigenvalue weighted by Gasteiger charge is 2.49. The molecule has 2 amide bonds. The number of cyclic esters (lactones) is 1. The zero-order valence-corrected chi connectivity index (χ0v) is 22.0. The van der Waals surface area contributed by atoms with Crippen LogP contribution in [0.4, 0.5) is 22.8 Å². The Hall–Kier alpha value is -3.47. The zero-order chi connectivity index (χ0) is 29.4. The van der Waals surface area contributed by atoms with Crippen LogP contribution in [0.15, 0.2) is 18.3 Å². The summed E-state index contributed by atoms with van der Waals surface area (Å²) in [6, 6.07) is 0.391. The second-order valence-electron chi connectivity index (χ2n) is 10.3. The van der Waals surface area contributed by atoms with Crippen molar-refractivity contribution >= 4 is 12.2 Å². The number of carbonyl (C=O) groups is 2. The highest BCUT2D eigenvalue weighted by Crippen LogP contribution is 2.36. The maximum Gasteiger partial charge on any atom is 0.410 e. The van der Waals surface area contributed by atoms with Gasteiger partial charge < -0.3 is 39.3 Å². The van der Waals surface area contributed by atoms with E-state index >= 15 is 0 Å². The first-order chi connectivity index (χ1) is 19.6. The Kier molecular flexibility index (Phi) is 8.35. The van der Waals surface area contributed by atoms with Gasteiger partial charge in [-0.15, -0.1) is 5.10 Å². The van der Waals surface area contributed by atoms with E-state index in [1.807, 2.05) is 0 Å². The minimum Gasteiger partial charge on any atom is -0.465 e. The fourth-order valence-corrected chi connectivity index (χ4v) is 5.80. The van der Waals surface area contributed by atoms with E-state index < -0.39 is 72.8 Å². The van der Waals surface area contributed by atoms with Crippen LogP contribution >= 0.6 is 0 Å². The predicted octanol–water partition coefficient (Wildman–Crippen LogP) is 1.39. The molecule has 16 heteroatoms. The lowest BCUT2D eigenvalue weighted by atomic mass is 9.89. The molecule has 224 valence electrons. The number of ether oxygens (including phenoxy) is 3. The average molecular weight is 586 g/mol. The summed E-state index contributed by atoms with van der Waals surface area (Å²) in [5.74, 6) is -4.42. The molecule has 0 radical (unpaired) electrons. The van der Waals surface area contributed by atoms with Gasteiger partial charge in [-0.05, 0) is 25.0 Å². The molecule has 3 aliphatic rings. The summed E-state index contributed by atoms with van der Waals surface area (Å²) in [5.41, 5.74) is -0.0756. The molecule has 0 unspecified atom stereocenters. The van der Waals surface area contributed by atoms with E-state index in [4.69, 9.17) is 14.2 Å². The summed E-state index contributed by atoms with van der Waals surface area (Å²) >= 11 is 0. The van der Waals surface area contributed by atoms with Crippen molar-refractivity contribution in [3.63, 3.8) is 0 Å². The number of aliphatic hydroxyl groups excluding tert-OH is 2. The van der Waals surface area contributed by atoms with Crippen molar-refractivity contribution in [2.45, 2.75) is 61.9 Å². The third-order valence-corrected chi connectivity index (χ3v) is 7.90. The number of piperidine rings is 1. The molecule has 3 fully saturated rings. The first kappa shape index (κ1) is 29.0. The minimum atomic E-state index is -1.62. The molecule has 3 saturated heterocycles. The summed E-state index contributed by atoms with van der Waals surface area (Å²) in [5, 5.41) is 38.0. The summed E-state index contributed by atoms with van der Waals surface area (Å²) in [6.45, 7) is 0.292. The van der Waals surface area contributed by atoms with E-state index in [1.165, 1.54) is 22.9 Å². The number of halogens is 3. The number of carbonyl (C=O) groups excluding carboxylic acids is 1. The first-order valence-electron chi connectivity index (χ1n) is 13.1. The van der Waals surface area contributed by atoms with Gasteiger partial charge in [0.2, 0.25) is 0 Å². The lowest BCUT2D eigenvalue weighted by Gasteiger charge is -2.44. The second-order valence-corrected chi connectivity index (χ2v) is 10.3. The molecule has 6 atom stereocenters. The minimum absolute atomic E-state index is 0.00255. The number of aromatic nitrogens is 3. The van der Waals surface area contributed by atoms with Gasteiger partial charge in [-0.1, -0.05) is 5.21 Å². The lowest BCUT2D eigenvalue weighted by molar-refractivity contribution is -0.217. The Morgan fingerprint density at radius 3 is 2.46 bits per heavy atom. The molecular weight excluding hydrogens is 555 g/mol. The van der Waals surface area contributed by atoms with E-state index in [-0.39, 0.29) is 30.3 Å². The predicted molar refractivity (Wildman–Crippen MR) is 131 cm³/mol. The molecule has 5 rings (SSSR count). The highest BCUT2D eigenvalue weighted by atomic mass is 19.2. The number of rotatable bonds is 7. The van der Waals surface area contributed by atoms with Crippen LogP contribution in [0.5, 0.6) is 0 Å². The third-order valence-electron chi connectivity index (χ3n) is 7.90. The van der Waals surface area contributed by atoms with Gasteiger partial charge in [-0.3, -0.25) is 0 Å². The van der Waals surface area contributed by atoms with Gasteiger partial charge in [0.25, 0.3) is 0 Å². The molecule has 4 heterocycles. The molecule has 0 spiro atoms. The molecule has 3 aliphatic heterocycles. The summed E-state index contributed by atoms with van der Waals surface area (Å²) in [4.78, 5) is 26.8. The fraction of sp³-hybridized carbons (Fsp3) is 0.600. The molecule has 13 nitrogen and oxygen atoms in total. The van der Waals surface area contributed by atoms with Crippen molar-refractivity contribution in [2.75, 3.05) is 33.4 Å². The van der Waals surface area contributed by atoms with Crippen molar-refractivity contribution in [3.8, 4) is 11.3 Å². The topological polar surface area (TPSA) is 160 Å². The standard InChI is InChI=1S/C25H30F3N5O8/c1-39-23-18(8-14-9-32(25(38)40-14)13-2-4-31(5-3-13)24(36)37)41-19(11-34)22(35)21(23)33-10-17(29-30-33)12-6-15(26)20(28)16(27)7-12/h6-7,10,13-14,18-19,21-23,34-35H,2-5,8-9,11H2,1H3,(H,36,37)/t14-,18-,19-,21+,22+,23+/m1/s1. The number of nitrogens with zero attached hydrogens (tertiary/aromatic N) is 5. The van der Waals surface area contributed by atoms with E-state index in [1.54, 1.807) is 4.90 Å². The summed E-state index contributed by atoms with van der Waals surface area (Å²) in [7, 11) is 1.38. The lowest BCUT2D eigenvalue weighted by Crippen LogP contribution is -2.57. The van der Waals surface area contributed by atoms with Crippen LogP contribution < -0.4 is 0 Å². The third kappa shape index (κ3) is 5.68. The summed E-state index contributed by atoms with van der Waals surface area (Å²) < 4.78 is 59.5. The highest BCUT2D eigenvalue weighted by molar-refractivity contribution is 5.70. The summed E-state index contributed by atoms with van der Waals surface area (Å²) in [6.07, 6.45) is -3.81. The number of methoxy groups -OCH3 is 1. The average Bonchev–Trinajstić information content (AvgIpc) is 3.58. The van der Waals surface area contributed by atoms with Crippen LogP contribution in [0.25, 0.3) is 11.3 Å². The van der Waals surface area contributed by atoms with Gasteiger partial charge in [0.1, 0.15) is 36.2 Å². The number of benzene rings is 1. The van der Waals surface area contributed by atoms with Crippen LogP contribution in [0.2, 0.25) is 0 Å². The quantitative estimate of drug-likeness (QED) is 0.405. The zero-order valence-electron chi connectivity index (χ0n) is 22.0. The Morgan fingerprint density at radius 2 is 1.85 bits per heavy atom. The molecule has 3 N–H and O–H groups in total. The monoisotopic (exact) mass is 585 g/mol. The molecule has 0 saturated carbocycles. The Morgan fingerprint density at radius 1 is 1.17 bits per heavy atom. The Bertz CT molecular complexity index is 1250. The SMILES string of the molecule is CO[C@@H]1[C@@H](n2cc(-c3cc(F)c(F)c(F)c3)nn2)[C@@H](O)[C@@H](CO)O[C@@H]1C[C@@H]1CN(C2CCN(C(=O)O)CC2)C(=O)O1. The van der Waals surface area contributed by atoms with Crippen LogP contribution in [0.1, 0.15) is 25.3 Å². The number of amides is 2. The maximum atomic E-state index is 13.8. The normalized spacial score (nSPS) is 29.2. The van der Waals surface area contributed by atoms with Crippen molar-refractivity contribution in [2.24, 2.45) is 0 Å². The number of carboxylic acid groups (broad SMARTS) is 1. The molecule has 41 heavy (non-hydrogen) atoms. The van der Waals surface area contributed by atoms with E-state index in [0.717, 1.165) is 12.1 Å². The van der Waals surface area contributed by atoms with Crippen molar-refractivity contribution in [1.29, 1.82) is 0 Å². The van der Waals surface area contributed by atoms with Gasteiger partial charge in [0.15, 0.2) is 17.5 Å². The molecule has 1 aromatic carbocycles. The van der Waals surface area contributed by atoms with E-state index in [2.05, 4.69) is 10.3 Å². The fourth-order valence-electron chi connectivity index (χ4n) is 5.80. The smallest absolute Gasteiger partial charge is 0.410 e. The van der Waals surface area contributed by atoms with Gasteiger partial charge >= 0.3 is 12.2 Å². The van der Waals surface area contributed by atoms with E-state index in [9.17, 15) is 38.1 Å². The Balaban J connectivity index is 1.32. The van der Waals surface area contributed by atoms with Crippen LogP contribution in [-0.2, 0) is 14.2 Å². The van der Waals surface area contributed by atoms with Gasteiger partial charge in [0.05, 0.1) is 25.5 Å². The van der Waals surface area contributed by atoms with Crippen LogP contribution in [0.3, 0.4) is 0 Å². The van der Waals surface area contributed by atoms with Gasteiger partial charge in [-0.2, -0.15) is 0 Å². The number of hydrogen-bond acceptors (Lipinski definition) is 9. The van der Waals surface area contributed by atoms with Gasteiger partial charge in [0, 0.05) is 38.2 Å².